The Morgan fingerprint density at radius 1 is 0.947 bits per heavy atom. The van der Waals surface area contributed by atoms with E-state index in [0.29, 0.717) is 31.4 Å². The van der Waals surface area contributed by atoms with Crippen LogP contribution in [0.25, 0.3) is 0 Å². The molecular weight excluding hydrogens is 1050 g/mol. The third-order valence-electron chi connectivity index (χ3n) is 15.7. The van der Waals surface area contributed by atoms with E-state index >= 15 is 0 Å². The van der Waals surface area contributed by atoms with Gasteiger partial charge in [-0.15, -0.1) is 0 Å². The lowest BCUT2D eigenvalue weighted by Crippen LogP contribution is -2.67. The molecule has 0 spiro atoms. The fraction of sp³-hybridized carbons (Fsp3) is 0.784. The smallest absolute Gasteiger partial charge is 0.435 e. The van der Waals surface area contributed by atoms with Crippen molar-refractivity contribution in [3.63, 3.8) is 0 Å². The first-order valence-corrected chi connectivity index (χ1v) is 28.3. The standard InChI is InChI=1S/C51H73F9N4O9S2/c1-46(2,75-74-27-8-6-5-7-21-61-42(67)17-11-33-30-64(45(69)62-44(33)68)43-29-39(66)40(31-65)73-43)20-22-63(4)23-26-70-34-12-14-35-32(28-34)10-13-37-36(35)18-19-47(3)38(37)15-16-41(47)71-24-9-25-72-48(49(52,53)54,50(55,56)57)51(58,59)60/h12,14,28,30,36-41,43,65-66H,5-11,13,15-27,29,31H2,1-4H3,(H,61,67)(H,62,68,69). The van der Waals surface area contributed by atoms with E-state index in [1.165, 1.54) is 21.9 Å². The Balaban J connectivity index is 0.813. The van der Waals surface area contributed by atoms with Gasteiger partial charge in [0.05, 0.1) is 25.4 Å². The van der Waals surface area contributed by atoms with Crippen LogP contribution in [0.1, 0.15) is 133 Å². The van der Waals surface area contributed by atoms with E-state index in [9.17, 15) is 64.1 Å². The van der Waals surface area contributed by atoms with Gasteiger partial charge in [-0.1, -0.05) is 47.4 Å². The van der Waals surface area contributed by atoms with Crippen LogP contribution in [-0.2, 0) is 31.8 Å². The van der Waals surface area contributed by atoms with Crippen molar-refractivity contribution < 1.29 is 73.5 Å². The number of benzene rings is 1. The molecule has 24 heteroatoms. The molecular formula is C51H73F9N4O9S2. The average Bonchev–Trinajstić information content (AvgIpc) is 3.87. The van der Waals surface area contributed by atoms with Crippen LogP contribution in [-0.4, -0.2) is 137 Å². The second-order valence-electron chi connectivity index (χ2n) is 21.4. The summed E-state index contributed by atoms with van der Waals surface area (Å²) in [4.78, 5) is 41.7. The van der Waals surface area contributed by atoms with Gasteiger partial charge in [-0.3, -0.25) is 19.1 Å². The van der Waals surface area contributed by atoms with E-state index in [1.807, 2.05) is 27.7 Å². The highest BCUT2D eigenvalue weighted by atomic mass is 33.1. The molecule has 3 aliphatic carbocycles. The summed E-state index contributed by atoms with van der Waals surface area (Å²) in [6.45, 7) is 7.17. The second kappa shape index (κ2) is 25.9. The molecule has 1 aliphatic heterocycles. The molecule has 2 heterocycles. The zero-order chi connectivity index (χ0) is 55.0. The molecule has 8 unspecified atom stereocenters. The number of amides is 1. The van der Waals surface area contributed by atoms with Crippen LogP contribution >= 0.6 is 21.6 Å². The minimum Gasteiger partial charge on any atom is -0.492 e. The summed E-state index contributed by atoms with van der Waals surface area (Å²) in [6.07, 6.45) is -12.3. The third-order valence-corrected chi connectivity index (χ3v) is 19.1. The van der Waals surface area contributed by atoms with Crippen LogP contribution in [0.4, 0.5) is 39.5 Å². The molecule has 75 heavy (non-hydrogen) atoms. The maximum absolute atomic E-state index is 13.3. The van der Waals surface area contributed by atoms with E-state index in [0.717, 1.165) is 88.8 Å². The number of alkyl halides is 9. The van der Waals surface area contributed by atoms with Gasteiger partial charge in [-0.25, -0.2) is 4.79 Å². The molecule has 1 amide bonds. The summed E-state index contributed by atoms with van der Waals surface area (Å²) in [5.41, 5.74) is -5.03. The van der Waals surface area contributed by atoms with Gasteiger partial charge in [0, 0.05) is 54.8 Å². The molecule has 426 valence electrons. The monoisotopic (exact) mass is 1120 g/mol. The number of rotatable bonds is 27. The lowest BCUT2D eigenvalue weighted by molar-refractivity contribution is -0.457. The number of hydrogen-bond acceptors (Lipinski definition) is 12. The lowest BCUT2D eigenvalue weighted by Gasteiger charge is -2.50. The van der Waals surface area contributed by atoms with Crippen molar-refractivity contribution >= 4 is 27.5 Å². The number of aliphatic hydroxyl groups excluding tert-OH is 2. The Bertz CT molecular complexity index is 2270. The number of aromatic nitrogens is 2. The van der Waals surface area contributed by atoms with Crippen LogP contribution in [0.2, 0.25) is 0 Å². The highest BCUT2D eigenvalue weighted by Gasteiger charge is 2.85. The maximum Gasteiger partial charge on any atom is 0.435 e. The number of ether oxygens (including phenoxy) is 4. The largest absolute Gasteiger partial charge is 0.492 e. The molecule has 2 saturated carbocycles. The van der Waals surface area contributed by atoms with E-state index in [2.05, 4.69) is 59.9 Å². The molecule has 13 nitrogen and oxygen atoms in total. The fourth-order valence-electron chi connectivity index (χ4n) is 11.4. The molecule has 6 rings (SSSR count). The van der Waals surface area contributed by atoms with Gasteiger partial charge in [0.2, 0.25) is 5.91 Å². The van der Waals surface area contributed by atoms with Gasteiger partial charge in [0.1, 0.15) is 24.7 Å². The van der Waals surface area contributed by atoms with E-state index in [-0.39, 0.29) is 59.5 Å². The number of nitrogens with one attached hydrogen (secondary N) is 2. The number of H-pyrrole nitrogens is 1. The van der Waals surface area contributed by atoms with Crippen molar-refractivity contribution in [2.24, 2.45) is 17.3 Å². The summed E-state index contributed by atoms with van der Waals surface area (Å²) >= 11 is 0. The highest BCUT2D eigenvalue weighted by Crippen LogP contribution is 2.62. The number of aryl methyl sites for hydroxylation is 2. The Morgan fingerprint density at radius 2 is 1.67 bits per heavy atom. The van der Waals surface area contributed by atoms with Gasteiger partial charge < -0.3 is 39.4 Å². The molecule has 2 aromatic rings. The summed E-state index contributed by atoms with van der Waals surface area (Å²) < 4.78 is 142. The number of unbranched alkanes of at least 4 members (excludes halogenated alkanes) is 3. The first-order chi connectivity index (χ1) is 35.2. The molecule has 0 radical (unpaired) electrons. The number of aromatic amines is 1. The lowest BCUT2D eigenvalue weighted by atomic mass is 9.55. The average molecular weight is 1120 g/mol. The Morgan fingerprint density at radius 3 is 2.36 bits per heavy atom. The van der Waals surface area contributed by atoms with Crippen molar-refractivity contribution in [3.05, 3.63) is 61.9 Å². The molecule has 4 N–H and O–H groups in total. The van der Waals surface area contributed by atoms with Crippen LogP contribution in [0.15, 0.2) is 34.0 Å². The number of fused-ring (bicyclic) bond motifs is 5. The minimum absolute atomic E-state index is 0.0681. The molecule has 3 fully saturated rings. The topological polar surface area (TPSA) is 165 Å². The molecule has 4 aliphatic rings. The molecule has 1 aromatic heterocycles. The first-order valence-electron chi connectivity index (χ1n) is 26.0. The van der Waals surface area contributed by atoms with Gasteiger partial charge in [0.25, 0.3) is 5.56 Å². The predicted molar refractivity (Wildman–Crippen MR) is 267 cm³/mol. The van der Waals surface area contributed by atoms with Crippen molar-refractivity contribution in [2.75, 3.05) is 58.9 Å². The summed E-state index contributed by atoms with van der Waals surface area (Å²) in [7, 11) is 5.86. The van der Waals surface area contributed by atoms with Crippen molar-refractivity contribution in [3.8, 4) is 5.75 Å². The number of likely N-dealkylation sites (N-methyl/N-ethyl adjacent to an activating group) is 1. The summed E-state index contributed by atoms with van der Waals surface area (Å²) in [5, 5.41) is 22.3. The normalized spacial score (nSPS) is 25.3. The van der Waals surface area contributed by atoms with Gasteiger partial charge in [0.15, 0.2) is 0 Å². The Labute approximate surface area is 439 Å². The highest BCUT2D eigenvalue weighted by molar-refractivity contribution is 8.77. The quantitative estimate of drug-likeness (QED) is 0.0381. The molecule has 1 saturated heterocycles. The number of hydrogen-bond donors (Lipinski definition) is 4. The fourth-order valence-corrected chi connectivity index (χ4v) is 14.1. The van der Waals surface area contributed by atoms with Gasteiger partial charge >= 0.3 is 29.8 Å². The number of carbonyl (C=O) groups is 1. The second-order valence-corrected chi connectivity index (χ2v) is 24.5. The van der Waals surface area contributed by atoms with Gasteiger partial charge in [-0.2, -0.15) is 39.5 Å². The molecule has 0 bridgehead atoms. The van der Waals surface area contributed by atoms with Crippen LogP contribution in [0.3, 0.4) is 0 Å². The molecule has 1 aromatic carbocycles. The van der Waals surface area contributed by atoms with Crippen molar-refractivity contribution in [2.45, 2.75) is 176 Å². The van der Waals surface area contributed by atoms with Crippen molar-refractivity contribution in [1.29, 1.82) is 0 Å². The van der Waals surface area contributed by atoms with Crippen LogP contribution in [0.5, 0.6) is 5.75 Å². The Kier molecular flexibility index (Phi) is 21.1. The van der Waals surface area contributed by atoms with Crippen molar-refractivity contribution in [1.82, 2.24) is 19.8 Å². The molecule has 8 atom stereocenters. The Hall–Kier alpha value is -3.00. The zero-order valence-corrected chi connectivity index (χ0v) is 44.6. The number of nitrogens with zero attached hydrogens (tertiary/aromatic N) is 2. The number of carbonyl (C=O) groups excluding carboxylic acids is 1. The summed E-state index contributed by atoms with van der Waals surface area (Å²) in [6, 6.07) is 6.33. The van der Waals surface area contributed by atoms with Crippen LogP contribution in [0, 0.1) is 17.3 Å². The SMILES string of the molecule is CN(CCOc1ccc2c(c1)CCC1C2CCC2(C)C(OCCCOC(C(F)(F)F)(C(F)(F)F)C(F)(F)F)CCC12)CCC(C)(C)SSCCCCCCNC(=O)CCc1cn(C2CC(O)C(CO)O2)c(=O)[nH]c1=O. The maximum atomic E-state index is 13.3. The summed E-state index contributed by atoms with van der Waals surface area (Å²) in [5.74, 6) is 2.61. The van der Waals surface area contributed by atoms with E-state index < -0.39 is 73.4 Å². The van der Waals surface area contributed by atoms with E-state index in [4.69, 9.17) is 14.2 Å². The zero-order valence-electron chi connectivity index (χ0n) is 43.0. The number of halogens is 9. The predicted octanol–water partition coefficient (Wildman–Crippen LogP) is 9.42. The van der Waals surface area contributed by atoms with E-state index in [1.54, 1.807) is 0 Å². The van der Waals surface area contributed by atoms with Crippen LogP contribution < -0.4 is 21.3 Å². The minimum atomic E-state index is -6.76. The number of aliphatic hydroxyl groups is 2. The van der Waals surface area contributed by atoms with Gasteiger partial charge in [-0.05, 0) is 144 Å². The third kappa shape index (κ3) is 15.0. The first kappa shape index (κ1) is 61.2.